The van der Waals surface area contributed by atoms with Crippen LogP contribution in [0.3, 0.4) is 0 Å². The van der Waals surface area contributed by atoms with E-state index in [1.165, 1.54) is 19.3 Å². The van der Waals surface area contributed by atoms with Gasteiger partial charge in [0.1, 0.15) is 5.75 Å². The molecule has 4 N–H and O–H groups in total. The quantitative estimate of drug-likeness (QED) is 0.745. The second-order valence-electron chi connectivity index (χ2n) is 6.87. The van der Waals surface area contributed by atoms with Crippen LogP contribution < -0.4 is 11.1 Å². The number of aromatic hydroxyl groups is 1. The van der Waals surface area contributed by atoms with Crippen LogP contribution >= 0.6 is 0 Å². The Hall–Kier alpha value is -1.59. The molecular weight excluding hydrogens is 290 g/mol. The summed E-state index contributed by atoms with van der Waals surface area (Å²) >= 11 is 0. The molecule has 0 spiro atoms. The largest absolute Gasteiger partial charge is 0.508 e. The monoisotopic (exact) mass is 319 g/mol. The van der Waals surface area contributed by atoms with Crippen LogP contribution in [-0.2, 0) is 11.2 Å². The maximum atomic E-state index is 12.3. The Bertz CT molecular complexity index is 508. The molecule has 0 aliphatic heterocycles. The molecule has 5 nitrogen and oxygen atoms in total. The Balaban J connectivity index is 1.88. The summed E-state index contributed by atoms with van der Waals surface area (Å²) in [5.74, 6) is 0.113. The highest BCUT2D eigenvalue weighted by atomic mass is 16.3. The highest BCUT2D eigenvalue weighted by Gasteiger charge is 2.34. The second kappa shape index (κ2) is 7.79. The summed E-state index contributed by atoms with van der Waals surface area (Å²) in [4.78, 5) is 14.6. The number of hydrogen-bond acceptors (Lipinski definition) is 4. The Morgan fingerprint density at radius 3 is 2.43 bits per heavy atom. The van der Waals surface area contributed by atoms with Gasteiger partial charge in [0.05, 0.1) is 6.04 Å². The summed E-state index contributed by atoms with van der Waals surface area (Å²) < 4.78 is 0. The van der Waals surface area contributed by atoms with Crippen molar-refractivity contribution in [3.8, 4) is 5.75 Å². The van der Waals surface area contributed by atoms with Gasteiger partial charge in [-0.15, -0.1) is 0 Å². The lowest BCUT2D eigenvalue weighted by atomic mass is 9.80. The molecule has 1 aromatic carbocycles. The van der Waals surface area contributed by atoms with E-state index in [4.69, 9.17) is 5.73 Å². The standard InChI is InChI=1S/C18H29N3O2/c1-21(2)18(10-4-3-5-11-18)13-20-17(23)16(19)12-14-6-8-15(22)9-7-14/h6-9,16,22H,3-5,10-13,19H2,1-2H3,(H,20,23)/t16-/m0/s1. The van der Waals surface area contributed by atoms with Crippen molar-refractivity contribution < 1.29 is 9.90 Å². The van der Waals surface area contributed by atoms with Gasteiger partial charge < -0.3 is 21.1 Å². The summed E-state index contributed by atoms with van der Waals surface area (Å²) in [6.45, 7) is 0.655. The molecule has 1 saturated carbocycles. The lowest BCUT2D eigenvalue weighted by Gasteiger charge is -2.43. The number of nitrogens with one attached hydrogen (secondary N) is 1. The zero-order chi connectivity index (χ0) is 16.9. The Labute approximate surface area is 138 Å². The molecule has 0 radical (unpaired) electrons. The number of carbonyl (C=O) groups excluding carboxylic acids is 1. The minimum atomic E-state index is -0.567. The normalized spacial score (nSPS) is 18.6. The van der Waals surface area contributed by atoms with Crippen LogP contribution in [0.5, 0.6) is 5.75 Å². The van der Waals surface area contributed by atoms with Crippen LogP contribution in [0.4, 0.5) is 0 Å². The first-order valence-corrected chi connectivity index (χ1v) is 8.42. The first kappa shape index (κ1) is 17.8. The SMILES string of the molecule is CN(C)C1(CNC(=O)[C@@H](N)Cc2ccc(O)cc2)CCCCC1. The first-order chi connectivity index (χ1) is 10.9. The summed E-state index contributed by atoms with van der Waals surface area (Å²) in [6.07, 6.45) is 6.42. The van der Waals surface area contributed by atoms with Crippen molar-refractivity contribution in [2.24, 2.45) is 5.73 Å². The molecule has 1 aromatic rings. The Morgan fingerprint density at radius 1 is 1.26 bits per heavy atom. The maximum Gasteiger partial charge on any atom is 0.237 e. The minimum Gasteiger partial charge on any atom is -0.508 e. The van der Waals surface area contributed by atoms with Crippen molar-refractivity contribution in [2.75, 3.05) is 20.6 Å². The average molecular weight is 319 g/mol. The zero-order valence-corrected chi connectivity index (χ0v) is 14.2. The average Bonchev–Trinajstić information content (AvgIpc) is 2.55. The number of benzene rings is 1. The molecule has 0 unspecified atom stereocenters. The van der Waals surface area contributed by atoms with Crippen molar-refractivity contribution in [1.29, 1.82) is 0 Å². The van der Waals surface area contributed by atoms with E-state index >= 15 is 0 Å². The molecular formula is C18H29N3O2. The fraction of sp³-hybridized carbons (Fsp3) is 0.611. The smallest absolute Gasteiger partial charge is 0.237 e. The third kappa shape index (κ3) is 4.69. The van der Waals surface area contributed by atoms with E-state index in [1.807, 2.05) is 0 Å². The molecule has 0 bridgehead atoms. The molecule has 128 valence electrons. The number of rotatable bonds is 6. The number of nitrogens with two attached hydrogens (primary N) is 1. The van der Waals surface area contributed by atoms with Crippen molar-refractivity contribution in [3.05, 3.63) is 29.8 Å². The van der Waals surface area contributed by atoms with Gasteiger partial charge in [0.25, 0.3) is 0 Å². The van der Waals surface area contributed by atoms with Gasteiger partial charge in [-0.2, -0.15) is 0 Å². The van der Waals surface area contributed by atoms with E-state index in [1.54, 1.807) is 24.3 Å². The number of hydrogen-bond donors (Lipinski definition) is 3. The summed E-state index contributed by atoms with van der Waals surface area (Å²) in [7, 11) is 4.18. The molecule has 0 saturated heterocycles. The maximum absolute atomic E-state index is 12.3. The molecule has 1 fully saturated rings. The number of likely N-dealkylation sites (N-methyl/N-ethyl adjacent to an activating group) is 1. The van der Waals surface area contributed by atoms with Gasteiger partial charge in [-0.05, 0) is 51.1 Å². The molecule has 1 aliphatic carbocycles. The molecule has 23 heavy (non-hydrogen) atoms. The second-order valence-corrected chi connectivity index (χ2v) is 6.87. The fourth-order valence-corrected chi connectivity index (χ4v) is 3.35. The van der Waals surface area contributed by atoms with Crippen LogP contribution in [0.25, 0.3) is 0 Å². The first-order valence-electron chi connectivity index (χ1n) is 8.42. The molecule has 5 heteroatoms. The van der Waals surface area contributed by atoms with Crippen LogP contribution in [0.15, 0.2) is 24.3 Å². The van der Waals surface area contributed by atoms with Crippen LogP contribution in [0.1, 0.15) is 37.7 Å². The summed E-state index contributed by atoms with van der Waals surface area (Å²) in [5, 5.41) is 12.3. The third-order valence-electron chi connectivity index (χ3n) is 5.05. The van der Waals surface area contributed by atoms with Gasteiger partial charge in [0.2, 0.25) is 5.91 Å². The number of phenolic OH excluding ortho intramolecular Hbond substituents is 1. The number of nitrogens with zero attached hydrogens (tertiary/aromatic N) is 1. The zero-order valence-electron chi connectivity index (χ0n) is 14.2. The third-order valence-corrected chi connectivity index (χ3v) is 5.05. The molecule has 0 aromatic heterocycles. The van der Waals surface area contributed by atoms with Gasteiger partial charge >= 0.3 is 0 Å². The highest BCUT2D eigenvalue weighted by molar-refractivity contribution is 5.81. The molecule has 0 heterocycles. The topological polar surface area (TPSA) is 78.6 Å². The van der Waals surface area contributed by atoms with E-state index in [-0.39, 0.29) is 17.2 Å². The van der Waals surface area contributed by atoms with Gasteiger partial charge in [0, 0.05) is 12.1 Å². The van der Waals surface area contributed by atoms with E-state index in [9.17, 15) is 9.90 Å². The lowest BCUT2D eigenvalue weighted by molar-refractivity contribution is -0.123. The van der Waals surface area contributed by atoms with Crippen LogP contribution in [0, 0.1) is 0 Å². The number of phenols is 1. The lowest BCUT2D eigenvalue weighted by Crippen LogP contribution is -2.56. The number of carbonyl (C=O) groups is 1. The Kier molecular flexibility index (Phi) is 6.02. The minimum absolute atomic E-state index is 0.0617. The summed E-state index contributed by atoms with van der Waals surface area (Å²) in [5.41, 5.74) is 7.05. The molecule has 1 amide bonds. The van der Waals surface area contributed by atoms with Gasteiger partial charge in [-0.1, -0.05) is 31.4 Å². The van der Waals surface area contributed by atoms with E-state index in [0.717, 1.165) is 18.4 Å². The molecule has 1 atom stereocenters. The van der Waals surface area contributed by atoms with E-state index in [0.29, 0.717) is 13.0 Å². The fourth-order valence-electron chi connectivity index (χ4n) is 3.35. The van der Waals surface area contributed by atoms with Gasteiger partial charge in [-0.3, -0.25) is 4.79 Å². The molecule has 2 rings (SSSR count). The molecule has 1 aliphatic rings. The van der Waals surface area contributed by atoms with E-state index in [2.05, 4.69) is 24.3 Å². The van der Waals surface area contributed by atoms with Crippen molar-refractivity contribution in [2.45, 2.75) is 50.1 Å². The van der Waals surface area contributed by atoms with Crippen molar-refractivity contribution in [3.63, 3.8) is 0 Å². The van der Waals surface area contributed by atoms with Gasteiger partial charge in [0.15, 0.2) is 0 Å². The van der Waals surface area contributed by atoms with Crippen molar-refractivity contribution in [1.82, 2.24) is 10.2 Å². The van der Waals surface area contributed by atoms with Gasteiger partial charge in [-0.25, -0.2) is 0 Å². The van der Waals surface area contributed by atoms with E-state index < -0.39 is 6.04 Å². The van der Waals surface area contributed by atoms with Crippen LogP contribution in [0.2, 0.25) is 0 Å². The highest BCUT2D eigenvalue weighted by Crippen LogP contribution is 2.31. The Morgan fingerprint density at radius 2 is 1.87 bits per heavy atom. The predicted molar refractivity (Wildman–Crippen MR) is 92.3 cm³/mol. The summed E-state index contributed by atoms with van der Waals surface area (Å²) in [6, 6.07) is 6.25. The number of amides is 1. The van der Waals surface area contributed by atoms with Crippen molar-refractivity contribution >= 4 is 5.91 Å². The van der Waals surface area contributed by atoms with Crippen LogP contribution in [-0.4, -0.2) is 48.1 Å². The predicted octanol–water partition coefficient (Wildman–Crippen LogP) is 1.64.